The number of rotatable bonds is 4. The number of aliphatic hydroxyl groups is 1. The largest absolute Gasteiger partial charge is 0.573 e. The summed E-state index contributed by atoms with van der Waals surface area (Å²) in [4.78, 5) is 0. The van der Waals surface area contributed by atoms with E-state index in [2.05, 4.69) is 11.7 Å². The molecular formula is C16H21F3O2. The van der Waals surface area contributed by atoms with Gasteiger partial charge in [0.15, 0.2) is 0 Å². The predicted molar refractivity (Wildman–Crippen MR) is 74.0 cm³/mol. The van der Waals surface area contributed by atoms with E-state index in [1.54, 1.807) is 12.1 Å². The minimum atomic E-state index is -4.67. The second-order valence-corrected chi connectivity index (χ2v) is 6.00. The molecule has 5 heteroatoms. The first-order chi connectivity index (χ1) is 9.83. The molecule has 0 aromatic heterocycles. The van der Waals surface area contributed by atoms with Gasteiger partial charge >= 0.3 is 6.36 Å². The van der Waals surface area contributed by atoms with Crippen molar-refractivity contribution >= 4 is 0 Å². The van der Waals surface area contributed by atoms with Gasteiger partial charge in [-0.1, -0.05) is 31.9 Å². The van der Waals surface area contributed by atoms with Crippen LogP contribution in [0.5, 0.6) is 5.75 Å². The summed E-state index contributed by atoms with van der Waals surface area (Å²) < 4.78 is 40.0. The van der Waals surface area contributed by atoms with Crippen molar-refractivity contribution in [1.82, 2.24) is 0 Å². The van der Waals surface area contributed by atoms with Crippen LogP contribution in [0.3, 0.4) is 0 Å². The Bertz CT molecular complexity index is 442. The molecule has 1 N–H and O–H groups in total. The van der Waals surface area contributed by atoms with Crippen molar-refractivity contribution in [3.8, 4) is 5.75 Å². The molecule has 0 amide bonds. The Balaban J connectivity index is 1.90. The van der Waals surface area contributed by atoms with Gasteiger partial charge in [-0.15, -0.1) is 13.2 Å². The highest BCUT2D eigenvalue weighted by molar-refractivity contribution is 5.27. The van der Waals surface area contributed by atoms with Crippen LogP contribution in [0.15, 0.2) is 24.3 Å². The summed E-state index contributed by atoms with van der Waals surface area (Å²) >= 11 is 0. The van der Waals surface area contributed by atoms with Crippen LogP contribution in [0.25, 0.3) is 0 Å². The molecule has 2 rings (SSSR count). The van der Waals surface area contributed by atoms with E-state index < -0.39 is 12.5 Å². The summed E-state index contributed by atoms with van der Waals surface area (Å²) in [7, 11) is 0. The van der Waals surface area contributed by atoms with Gasteiger partial charge in [0.25, 0.3) is 0 Å². The van der Waals surface area contributed by atoms with Gasteiger partial charge in [0, 0.05) is 0 Å². The first-order valence-electron chi connectivity index (χ1n) is 7.36. The third-order valence-corrected chi connectivity index (χ3v) is 4.12. The Kier molecular flexibility index (Phi) is 5.14. The number of alkyl halides is 3. The van der Waals surface area contributed by atoms with E-state index in [0.717, 1.165) is 24.8 Å². The average Bonchev–Trinajstić information content (AvgIpc) is 2.39. The zero-order valence-electron chi connectivity index (χ0n) is 12.1. The molecule has 0 saturated heterocycles. The Labute approximate surface area is 122 Å². The van der Waals surface area contributed by atoms with Crippen LogP contribution in [-0.4, -0.2) is 17.6 Å². The minimum Gasteiger partial charge on any atom is -0.406 e. The maximum atomic E-state index is 12.1. The van der Waals surface area contributed by atoms with Gasteiger partial charge in [-0.25, -0.2) is 0 Å². The van der Waals surface area contributed by atoms with Crippen LogP contribution in [0.4, 0.5) is 13.2 Å². The fourth-order valence-electron chi connectivity index (χ4n) is 3.07. The standard InChI is InChI=1S/C16H21F3O2/c1-11-3-2-4-13(9-11)15(20)10-12-5-7-14(8-6-12)21-16(17,18)19/h5-8,11,13,15,20H,2-4,9-10H2,1H3. The molecule has 3 atom stereocenters. The first kappa shape index (κ1) is 16.1. The zero-order valence-corrected chi connectivity index (χ0v) is 12.1. The van der Waals surface area contributed by atoms with Gasteiger partial charge < -0.3 is 9.84 Å². The van der Waals surface area contributed by atoms with E-state index >= 15 is 0 Å². The lowest BCUT2D eigenvalue weighted by atomic mass is 9.78. The lowest BCUT2D eigenvalue weighted by molar-refractivity contribution is -0.274. The van der Waals surface area contributed by atoms with E-state index in [9.17, 15) is 18.3 Å². The molecule has 0 bridgehead atoms. The quantitative estimate of drug-likeness (QED) is 0.898. The molecule has 1 aromatic carbocycles. The summed E-state index contributed by atoms with van der Waals surface area (Å²) in [6.45, 7) is 2.20. The normalized spacial score (nSPS) is 24.6. The second kappa shape index (κ2) is 6.69. The van der Waals surface area contributed by atoms with E-state index in [1.807, 2.05) is 0 Å². The van der Waals surface area contributed by atoms with Crippen molar-refractivity contribution in [1.29, 1.82) is 0 Å². The SMILES string of the molecule is CC1CCCC(C(O)Cc2ccc(OC(F)(F)F)cc2)C1. The molecule has 2 nitrogen and oxygen atoms in total. The third kappa shape index (κ3) is 5.23. The van der Waals surface area contributed by atoms with Gasteiger partial charge in [0.1, 0.15) is 5.75 Å². The van der Waals surface area contributed by atoms with E-state index in [1.165, 1.54) is 18.6 Å². The fourth-order valence-corrected chi connectivity index (χ4v) is 3.07. The highest BCUT2D eigenvalue weighted by Crippen LogP contribution is 2.32. The summed E-state index contributed by atoms with van der Waals surface area (Å²) in [6.07, 6.45) is -0.212. The molecule has 0 spiro atoms. The average molecular weight is 302 g/mol. The summed E-state index contributed by atoms with van der Waals surface area (Å²) in [5, 5.41) is 10.3. The van der Waals surface area contributed by atoms with E-state index in [4.69, 9.17) is 0 Å². The van der Waals surface area contributed by atoms with Crippen molar-refractivity contribution in [2.45, 2.75) is 51.5 Å². The van der Waals surface area contributed by atoms with E-state index in [-0.39, 0.29) is 5.75 Å². The molecule has 0 heterocycles. The third-order valence-electron chi connectivity index (χ3n) is 4.12. The molecule has 3 unspecified atom stereocenters. The van der Waals surface area contributed by atoms with Gasteiger partial charge in [0.05, 0.1) is 6.10 Å². The Hall–Kier alpha value is -1.23. The van der Waals surface area contributed by atoms with Gasteiger partial charge in [0.2, 0.25) is 0 Å². The zero-order chi connectivity index (χ0) is 15.5. The molecule has 0 aliphatic heterocycles. The number of benzene rings is 1. The van der Waals surface area contributed by atoms with Crippen molar-refractivity contribution in [2.75, 3.05) is 0 Å². The highest BCUT2D eigenvalue weighted by atomic mass is 19.4. The smallest absolute Gasteiger partial charge is 0.406 e. The topological polar surface area (TPSA) is 29.5 Å². The van der Waals surface area contributed by atoms with Crippen LogP contribution in [0.2, 0.25) is 0 Å². The van der Waals surface area contributed by atoms with Crippen molar-refractivity contribution in [3.05, 3.63) is 29.8 Å². The number of halogens is 3. The number of ether oxygens (including phenoxy) is 1. The van der Waals surface area contributed by atoms with Crippen LogP contribution < -0.4 is 4.74 Å². The molecule has 1 aromatic rings. The first-order valence-corrected chi connectivity index (χ1v) is 7.36. The molecule has 1 fully saturated rings. The highest BCUT2D eigenvalue weighted by Gasteiger charge is 2.31. The molecule has 1 aliphatic rings. The monoisotopic (exact) mass is 302 g/mol. The molecule has 118 valence electrons. The summed E-state index contributed by atoms with van der Waals surface area (Å²) in [6, 6.07) is 5.74. The Morgan fingerprint density at radius 1 is 1.24 bits per heavy atom. The van der Waals surface area contributed by atoms with Gasteiger partial charge in [-0.2, -0.15) is 0 Å². The molecule has 1 aliphatic carbocycles. The molecular weight excluding hydrogens is 281 g/mol. The Morgan fingerprint density at radius 2 is 1.90 bits per heavy atom. The number of aliphatic hydroxyl groups excluding tert-OH is 1. The van der Waals surface area contributed by atoms with Crippen molar-refractivity contribution in [3.63, 3.8) is 0 Å². The van der Waals surface area contributed by atoms with Crippen molar-refractivity contribution in [2.24, 2.45) is 11.8 Å². The molecule has 0 radical (unpaired) electrons. The van der Waals surface area contributed by atoms with Gasteiger partial charge in [-0.3, -0.25) is 0 Å². The lowest BCUT2D eigenvalue weighted by Gasteiger charge is -2.30. The van der Waals surface area contributed by atoms with Crippen LogP contribution >= 0.6 is 0 Å². The van der Waals surface area contributed by atoms with Crippen LogP contribution in [0, 0.1) is 11.8 Å². The number of hydrogen-bond acceptors (Lipinski definition) is 2. The van der Waals surface area contributed by atoms with E-state index in [0.29, 0.717) is 18.3 Å². The predicted octanol–water partition coefficient (Wildman–Crippen LogP) is 4.31. The molecule has 21 heavy (non-hydrogen) atoms. The second-order valence-electron chi connectivity index (χ2n) is 6.00. The Morgan fingerprint density at radius 3 is 2.48 bits per heavy atom. The lowest BCUT2D eigenvalue weighted by Crippen LogP contribution is -2.27. The summed E-state index contributed by atoms with van der Waals surface area (Å²) in [5.41, 5.74) is 0.829. The van der Waals surface area contributed by atoms with Crippen molar-refractivity contribution < 1.29 is 23.0 Å². The van der Waals surface area contributed by atoms with Crippen LogP contribution in [0.1, 0.15) is 38.2 Å². The molecule has 1 saturated carbocycles. The maximum Gasteiger partial charge on any atom is 0.573 e. The maximum absolute atomic E-state index is 12.1. The summed E-state index contributed by atoms with van der Waals surface area (Å²) in [5.74, 6) is 0.702. The van der Waals surface area contributed by atoms with Gasteiger partial charge in [-0.05, 0) is 48.8 Å². The number of hydrogen-bond donors (Lipinski definition) is 1. The fraction of sp³-hybridized carbons (Fsp3) is 0.625. The van der Waals surface area contributed by atoms with Crippen LogP contribution in [-0.2, 0) is 6.42 Å². The minimum absolute atomic E-state index is 0.230.